The molecular formula is C17H18FN3O. The van der Waals surface area contributed by atoms with Crippen molar-refractivity contribution in [2.75, 3.05) is 0 Å². The van der Waals surface area contributed by atoms with Crippen LogP contribution >= 0.6 is 0 Å². The number of carbonyl (C=O) groups excluding carboxylic acids is 1. The minimum atomic E-state index is -0.269. The van der Waals surface area contributed by atoms with Crippen molar-refractivity contribution in [1.29, 1.82) is 0 Å². The quantitative estimate of drug-likeness (QED) is 0.942. The van der Waals surface area contributed by atoms with E-state index in [0.717, 1.165) is 18.4 Å². The number of aromatic nitrogens is 2. The summed E-state index contributed by atoms with van der Waals surface area (Å²) in [5.41, 5.74) is 1.23. The van der Waals surface area contributed by atoms with Crippen molar-refractivity contribution < 1.29 is 9.18 Å². The highest BCUT2D eigenvalue weighted by Gasteiger charge is 2.28. The van der Waals surface area contributed by atoms with Crippen LogP contribution in [0.25, 0.3) is 0 Å². The van der Waals surface area contributed by atoms with E-state index in [4.69, 9.17) is 0 Å². The van der Waals surface area contributed by atoms with E-state index < -0.39 is 0 Å². The van der Waals surface area contributed by atoms with Gasteiger partial charge in [-0.3, -0.25) is 9.78 Å². The van der Waals surface area contributed by atoms with E-state index in [1.807, 2.05) is 0 Å². The fraction of sp³-hybridized carbons (Fsp3) is 0.353. The summed E-state index contributed by atoms with van der Waals surface area (Å²) >= 11 is 0. The first kappa shape index (κ1) is 14.6. The third-order valence-electron chi connectivity index (χ3n) is 4.18. The first-order chi connectivity index (χ1) is 10.7. The third kappa shape index (κ3) is 3.30. The Bertz CT molecular complexity index is 624. The number of halogens is 1. The Labute approximate surface area is 128 Å². The van der Waals surface area contributed by atoms with Crippen molar-refractivity contribution >= 4 is 5.91 Å². The zero-order chi connectivity index (χ0) is 15.4. The van der Waals surface area contributed by atoms with Crippen LogP contribution < -0.4 is 5.32 Å². The first-order valence-electron chi connectivity index (χ1n) is 7.56. The molecule has 1 saturated carbocycles. The molecule has 22 heavy (non-hydrogen) atoms. The van der Waals surface area contributed by atoms with Crippen molar-refractivity contribution in [2.24, 2.45) is 5.92 Å². The number of amides is 1. The van der Waals surface area contributed by atoms with Crippen LogP contribution in [0.3, 0.4) is 0 Å². The smallest absolute Gasteiger partial charge is 0.271 e. The molecule has 1 aromatic carbocycles. The van der Waals surface area contributed by atoms with Gasteiger partial charge < -0.3 is 5.32 Å². The molecule has 1 heterocycles. The van der Waals surface area contributed by atoms with Crippen LogP contribution in [0.4, 0.5) is 4.39 Å². The van der Waals surface area contributed by atoms with E-state index >= 15 is 0 Å². The van der Waals surface area contributed by atoms with Crippen LogP contribution in [0.1, 0.15) is 47.8 Å². The molecule has 1 unspecified atom stereocenters. The van der Waals surface area contributed by atoms with Gasteiger partial charge in [-0.05, 0) is 36.5 Å². The van der Waals surface area contributed by atoms with Crippen LogP contribution in [0.5, 0.6) is 0 Å². The summed E-state index contributed by atoms with van der Waals surface area (Å²) < 4.78 is 13.1. The fourth-order valence-corrected chi connectivity index (χ4v) is 3.07. The summed E-state index contributed by atoms with van der Waals surface area (Å²) in [6, 6.07) is 6.25. The van der Waals surface area contributed by atoms with Gasteiger partial charge in [0.25, 0.3) is 5.91 Å². The van der Waals surface area contributed by atoms with Crippen LogP contribution in [0.2, 0.25) is 0 Å². The van der Waals surface area contributed by atoms with Gasteiger partial charge in [-0.25, -0.2) is 9.37 Å². The predicted octanol–water partition coefficient (Wildman–Crippen LogP) is 3.28. The zero-order valence-electron chi connectivity index (χ0n) is 12.2. The van der Waals surface area contributed by atoms with Crippen LogP contribution in [0.15, 0.2) is 42.9 Å². The van der Waals surface area contributed by atoms with Gasteiger partial charge in [-0.2, -0.15) is 0 Å². The molecule has 0 saturated heterocycles. The van der Waals surface area contributed by atoms with E-state index in [2.05, 4.69) is 15.3 Å². The summed E-state index contributed by atoms with van der Waals surface area (Å²) in [4.78, 5) is 20.3. The summed E-state index contributed by atoms with van der Waals surface area (Å²) in [5.74, 6) is -0.130. The molecule has 2 aromatic rings. The Morgan fingerprint density at radius 2 is 1.91 bits per heavy atom. The second-order valence-electron chi connectivity index (χ2n) is 5.64. The van der Waals surface area contributed by atoms with Crippen molar-refractivity contribution in [1.82, 2.24) is 15.3 Å². The number of rotatable bonds is 4. The number of benzene rings is 1. The van der Waals surface area contributed by atoms with Crippen LogP contribution in [0, 0.1) is 11.7 Å². The molecule has 1 fully saturated rings. The van der Waals surface area contributed by atoms with E-state index in [1.54, 1.807) is 12.1 Å². The minimum Gasteiger partial charge on any atom is -0.344 e. The largest absolute Gasteiger partial charge is 0.344 e. The van der Waals surface area contributed by atoms with E-state index in [9.17, 15) is 9.18 Å². The number of hydrogen-bond donors (Lipinski definition) is 1. The topological polar surface area (TPSA) is 54.9 Å². The second-order valence-corrected chi connectivity index (χ2v) is 5.64. The SMILES string of the molecule is O=C(NC(c1ccc(F)cc1)C1CCCC1)c1cnccn1. The lowest BCUT2D eigenvalue weighted by Crippen LogP contribution is -2.33. The van der Waals surface area contributed by atoms with E-state index in [1.165, 1.54) is 43.6 Å². The molecule has 0 aliphatic heterocycles. The van der Waals surface area contributed by atoms with Gasteiger partial charge >= 0.3 is 0 Å². The maximum atomic E-state index is 13.1. The summed E-state index contributed by atoms with van der Waals surface area (Å²) in [6.07, 6.45) is 8.96. The average molecular weight is 299 g/mol. The monoisotopic (exact) mass is 299 g/mol. The van der Waals surface area contributed by atoms with Crippen molar-refractivity contribution in [3.05, 3.63) is 59.9 Å². The molecule has 1 aliphatic rings. The van der Waals surface area contributed by atoms with Gasteiger partial charge in [0.2, 0.25) is 0 Å². The van der Waals surface area contributed by atoms with E-state index in [0.29, 0.717) is 11.6 Å². The molecule has 3 rings (SSSR count). The molecule has 0 spiro atoms. The highest BCUT2D eigenvalue weighted by Crippen LogP contribution is 2.35. The van der Waals surface area contributed by atoms with E-state index in [-0.39, 0.29) is 17.8 Å². The van der Waals surface area contributed by atoms with Gasteiger partial charge in [-0.15, -0.1) is 0 Å². The Balaban J connectivity index is 1.82. The van der Waals surface area contributed by atoms with Gasteiger partial charge in [0.15, 0.2) is 0 Å². The molecule has 1 amide bonds. The molecule has 0 bridgehead atoms. The molecule has 1 aliphatic carbocycles. The molecular weight excluding hydrogens is 281 g/mol. The number of hydrogen-bond acceptors (Lipinski definition) is 3. The number of carbonyl (C=O) groups is 1. The Morgan fingerprint density at radius 1 is 1.18 bits per heavy atom. The van der Waals surface area contributed by atoms with Gasteiger partial charge in [0, 0.05) is 12.4 Å². The third-order valence-corrected chi connectivity index (χ3v) is 4.18. The van der Waals surface area contributed by atoms with Crippen molar-refractivity contribution in [3.63, 3.8) is 0 Å². The first-order valence-corrected chi connectivity index (χ1v) is 7.56. The molecule has 1 N–H and O–H groups in total. The van der Waals surface area contributed by atoms with Crippen LogP contribution in [-0.4, -0.2) is 15.9 Å². The Morgan fingerprint density at radius 3 is 2.55 bits per heavy atom. The molecule has 1 aromatic heterocycles. The van der Waals surface area contributed by atoms with Gasteiger partial charge in [0.1, 0.15) is 11.5 Å². The lowest BCUT2D eigenvalue weighted by Gasteiger charge is -2.25. The minimum absolute atomic E-state index is 0.113. The second kappa shape index (κ2) is 6.64. The highest BCUT2D eigenvalue weighted by atomic mass is 19.1. The Kier molecular flexibility index (Phi) is 4.42. The fourth-order valence-electron chi connectivity index (χ4n) is 3.07. The predicted molar refractivity (Wildman–Crippen MR) is 80.6 cm³/mol. The summed E-state index contributed by atoms with van der Waals surface area (Å²) in [5, 5.41) is 3.05. The lowest BCUT2D eigenvalue weighted by molar-refractivity contribution is 0.0916. The molecule has 1 atom stereocenters. The Hall–Kier alpha value is -2.30. The van der Waals surface area contributed by atoms with Crippen LogP contribution in [-0.2, 0) is 0 Å². The summed E-state index contributed by atoms with van der Waals surface area (Å²) in [6.45, 7) is 0. The maximum Gasteiger partial charge on any atom is 0.271 e. The van der Waals surface area contributed by atoms with Crippen molar-refractivity contribution in [2.45, 2.75) is 31.7 Å². The molecule has 5 heteroatoms. The van der Waals surface area contributed by atoms with Gasteiger partial charge in [-0.1, -0.05) is 25.0 Å². The average Bonchev–Trinajstić information content (AvgIpc) is 3.08. The maximum absolute atomic E-state index is 13.1. The normalized spacial score (nSPS) is 16.4. The molecule has 114 valence electrons. The molecule has 0 radical (unpaired) electrons. The number of nitrogens with zero attached hydrogens (tertiary/aromatic N) is 2. The number of nitrogens with one attached hydrogen (secondary N) is 1. The zero-order valence-corrected chi connectivity index (χ0v) is 12.2. The highest BCUT2D eigenvalue weighted by molar-refractivity contribution is 5.92. The standard InChI is InChI=1S/C17H18FN3O/c18-14-7-5-13(6-8-14)16(12-3-1-2-4-12)21-17(22)15-11-19-9-10-20-15/h5-12,16H,1-4H2,(H,21,22). The lowest BCUT2D eigenvalue weighted by atomic mass is 9.91. The molecule has 4 nitrogen and oxygen atoms in total. The summed E-state index contributed by atoms with van der Waals surface area (Å²) in [7, 11) is 0. The van der Waals surface area contributed by atoms with Gasteiger partial charge in [0.05, 0.1) is 12.2 Å². The van der Waals surface area contributed by atoms with Crippen molar-refractivity contribution in [3.8, 4) is 0 Å².